The summed E-state index contributed by atoms with van der Waals surface area (Å²) in [6.07, 6.45) is 0. The van der Waals surface area contributed by atoms with Crippen molar-refractivity contribution in [2.24, 2.45) is 5.16 Å². The van der Waals surface area contributed by atoms with Crippen molar-refractivity contribution in [3.63, 3.8) is 0 Å². The first kappa shape index (κ1) is 11.6. The summed E-state index contributed by atoms with van der Waals surface area (Å²) in [5.74, 6) is 0. The minimum absolute atomic E-state index is 0.147. The molecule has 16 heavy (non-hydrogen) atoms. The molecule has 0 heterocycles. The summed E-state index contributed by atoms with van der Waals surface area (Å²) in [7, 11) is 0. The molecule has 0 radical (unpaired) electrons. The molecule has 0 aliphatic rings. The first-order valence-corrected chi connectivity index (χ1v) is 4.12. The SMILES string of the molecule is O=[N+]([O-])CC(=NO)c1cccc([N+](=O)[O-])c1. The highest BCUT2D eigenvalue weighted by Gasteiger charge is 2.14. The maximum absolute atomic E-state index is 10.5. The molecule has 8 heteroatoms. The summed E-state index contributed by atoms with van der Waals surface area (Å²) >= 11 is 0. The number of oxime groups is 1. The van der Waals surface area contributed by atoms with Gasteiger partial charge in [0.05, 0.1) is 4.92 Å². The third kappa shape index (κ3) is 2.74. The van der Waals surface area contributed by atoms with E-state index in [1.165, 1.54) is 18.2 Å². The fourth-order valence-electron chi connectivity index (χ4n) is 1.10. The maximum atomic E-state index is 10.5. The number of rotatable bonds is 4. The van der Waals surface area contributed by atoms with Crippen LogP contribution < -0.4 is 0 Å². The molecular formula is C8H7N3O5. The Hall–Kier alpha value is -2.51. The molecule has 1 rings (SSSR count). The standard InChI is InChI=1S/C8H7N3O5/c12-9-8(5-10(13)14)6-2-1-3-7(4-6)11(15)16/h1-4,12H,5H2. The van der Waals surface area contributed by atoms with Gasteiger partial charge in [-0.1, -0.05) is 17.3 Å². The Labute approximate surface area is 89.1 Å². The first-order chi connectivity index (χ1) is 7.54. The van der Waals surface area contributed by atoms with Crippen LogP contribution in [0.25, 0.3) is 0 Å². The van der Waals surface area contributed by atoms with E-state index >= 15 is 0 Å². The highest BCUT2D eigenvalue weighted by molar-refractivity contribution is 6.01. The quantitative estimate of drug-likeness (QED) is 0.355. The highest BCUT2D eigenvalue weighted by Crippen LogP contribution is 2.13. The average molecular weight is 225 g/mol. The van der Waals surface area contributed by atoms with Crippen molar-refractivity contribution in [3.8, 4) is 0 Å². The van der Waals surface area contributed by atoms with Crippen LogP contribution in [0, 0.1) is 20.2 Å². The van der Waals surface area contributed by atoms with Crippen molar-refractivity contribution in [3.05, 3.63) is 50.1 Å². The predicted octanol–water partition coefficient (Wildman–Crippen LogP) is 1.05. The summed E-state index contributed by atoms with van der Waals surface area (Å²) in [5, 5.41) is 32.0. The molecule has 1 aromatic carbocycles. The van der Waals surface area contributed by atoms with Crippen molar-refractivity contribution in [1.29, 1.82) is 0 Å². The minimum atomic E-state index is -0.697. The summed E-state index contributed by atoms with van der Waals surface area (Å²) in [6, 6.07) is 5.10. The highest BCUT2D eigenvalue weighted by atomic mass is 16.6. The smallest absolute Gasteiger partial charge is 0.270 e. The summed E-state index contributed by atoms with van der Waals surface area (Å²) in [5.41, 5.74) is -0.302. The fraction of sp³-hybridized carbons (Fsp3) is 0.125. The van der Waals surface area contributed by atoms with Gasteiger partial charge in [0.2, 0.25) is 6.54 Å². The van der Waals surface area contributed by atoms with Gasteiger partial charge >= 0.3 is 0 Å². The zero-order chi connectivity index (χ0) is 12.1. The summed E-state index contributed by atoms with van der Waals surface area (Å²) in [6.45, 7) is -0.697. The number of benzene rings is 1. The Morgan fingerprint density at radius 1 is 1.38 bits per heavy atom. The number of nitro benzene ring substituents is 1. The molecule has 0 unspecified atom stereocenters. The lowest BCUT2D eigenvalue weighted by Crippen LogP contribution is -2.15. The van der Waals surface area contributed by atoms with Gasteiger partial charge in [0.25, 0.3) is 5.69 Å². The van der Waals surface area contributed by atoms with Crippen LogP contribution in [0.4, 0.5) is 5.69 Å². The Morgan fingerprint density at radius 2 is 2.06 bits per heavy atom. The largest absolute Gasteiger partial charge is 0.410 e. The normalized spacial score (nSPS) is 11.1. The number of hydrogen-bond acceptors (Lipinski definition) is 6. The maximum Gasteiger partial charge on any atom is 0.270 e. The molecule has 0 spiro atoms. The van der Waals surface area contributed by atoms with Gasteiger partial charge in [-0.3, -0.25) is 20.2 Å². The second-order valence-electron chi connectivity index (χ2n) is 2.84. The molecule has 0 amide bonds. The lowest BCUT2D eigenvalue weighted by atomic mass is 10.1. The van der Waals surface area contributed by atoms with Gasteiger partial charge in [-0.2, -0.15) is 0 Å². The Bertz CT molecular complexity index is 457. The Balaban J connectivity index is 3.07. The number of non-ortho nitro benzene ring substituents is 1. The van der Waals surface area contributed by atoms with Gasteiger partial charge in [0.15, 0.2) is 5.71 Å². The molecule has 0 aliphatic heterocycles. The van der Waals surface area contributed by atoms with E-state index in [4.69, 9.17) is 5.21 Å². The monoisotopic (exact) mass is 225 g/mol. The Kier molecular flexibility index (Phi) is 3.49. The van der Waals surface area contributed by atoms with Crippen LogP contribution in [0.3, 0.4) is 0 Å². The molecule has 1 N–H and O–H groups in total. The molecule has 1 aromatic rings. The van der Waals surface area contributed by atoms with Crippen LogP contribution in [0.15, 0.2) is 29.4 Å². The van der Waals surface area contributed by atoms with Crippen LogP contribution in [0.2, 0.25) is 0 Å². The van der Waals surface area contributed by atoms with Gasteiger partial charge in [-0.05, 0) is 0 Å². The lowest BCUT2D eigenvalue weighted by Gasteiger charge is -1.99. The zero-order valence-corrected chi connectivity index (χ0v) is 7.94. The molecule has 0 bridgehead atoms. The second kappa shape index (κ2) is 4.82. The van der Waals surface area contributed by atoms with E-state index in [0.29, 0.717) is 0 Å². The molecule has 0 saturated heterocycles. The van der Waals surface area contributed by atoms with Gasteiger partial charge < -0.3 is 5.21 Å². The number of nitrogens with zero attached hydrogens (tertiary/aromatic N) is 3. The second-order valence-corrected chi connectivity index (χ2v) is 2.84. The predicted molar refractivity (Wildman–Crippen MR) is 53.3 cm³/mol. The number of hydrogen-bond donors (Lipinski definition) is 1. The van der Waals surface area contributed by atoms with E-state index in [2.05, 4.69) is 5.16 Å². The van der Waals surface area contributed by atoms with Crippen molar-refractivity contribution >= 4 is 11.4 Å². The minimum Gasteiger partial charge on any atom is -0.410 e. The Morgan fingerprint density at radius 3 is 2.56 bits per heavy atom. The van der Waals surface area contributed by atoms with E-state index in [1.54, 1.807) is 0 Å². The van der Waals surface area contributed by atoms with Gasteiger partial charge in [-0.25, -0.2) is 0 Å². The summed E-state index contributed by atoms with van der Waals surface area (Å²) < 4.78 is 0. The average Bonchev–Trinajstić information content (AvgIpc) is 2.25. The van der Waals surface area contributed by atoms with Crippen LogP contribution in [-0.2, 0) is 0 Å². The van der Waals surface area contributed by atoms with Crippen molar-refractivity contribution in [1.82, 2.24) is 0 Å². The molecule has 8 nitrogen and oxygen atoms in total. The number of nitro groups is 2. The van der Waals surface area contributed by atoms with Gasteiger partial charge in [0.1, 0.15) is 0 Å². The van der Waals surface area contributed by atoms with E-state index < -0.39 is 16.4 Å². The third-order valence-electron chi connectivity index (χ3n) is 1.79. The lowest BCUT2D eigenvalue weighted by molar-refractivity contribution is -0.463. The molecule has 84 valence electrons. The van der Waals surface area contributed by atoms with Crippen LogP contribution >= 0.6 is 0 Å². The zero-order valence-electron chi connectivity index (χ0n) is 7.94. The van der Waals surface area contributed by atoms with E-state index in [0.717, 1.165) is 6.07 Å². The molecule has 0 fully saturated rings. The van der Waals surface area contributed by atoms with E-state index in [1.807, 2.05) is 0 Å². The molecule has 0 aliphatic carbocycles. The fourth-order valence-corrected chi connectivity index (χ4v) is 1.10. The molecule has 0 saturated carbocycles. The van der Waals surface area contributed by atoms with Crippen molar-refractivity contribution in [2.75, 3.05) is 6.54 Å². The molecular weight excluding hydrogens is 218 g/mol. The van der Waals surface area contributed by atoms with Crippen LogP contribution in [0.5, 0.6) is 0 Å². The van der Waals surface area contributed by atoms with Crippen LogP contribution in [0.1, 0.15) is 5.56 Å². The van der Waals surface area contributed by atoms with Crippen molar-refractivity contribution < 1.29 is 15.1 Å². The van der Waals surface area contributed by atoms with Gasteiger partial charge in [-0.15, -0.1) is 0 Å². The van der Waals surface area contributed by atoms with Gasteiger partial charge in [0, 0.05) is 22.6 Å². The third-order valence-corrected chi connectivity index (χ3v) is 1.79. The topological polar surface area (TPSA) is 119 Å². The van der Waals surface area contributed by atoms with E-state index in [-0.39, 0.29) is 17.0 Å². The summed E-state index contributed by atoms with van der Waals surface area (Å²) in [4.78, 5) is 19.4. The van der Waals surface area contributed by atoms with Crippen molar-refractivity contribution in [2.45, 2.75) is 0 Å². The first-order valence-electron chi connectivity index (χ1n) is 4.12. The van der Waals surface area contributed by atoms with E-state index in [9.17, 15) is 20.2 Å². The molecule has 0 aromatic heterocycles. The van der Waals surface area contributed by atoms with Crippen LogP contribution in [-0.4, -0.2) is 27.3 Å². The molecule has 0 atom stereocenters.